The van der Waals surface area contributed by atoms with Crippen LogP contribution in [0.5, 0.6) is 17.2 Å². The lowest BCUT2D eigenvalue weighted by molar-refractivity contribution is 0.290. The van der Waals surface area contributed by atoms with E-state index >= 15 is 0 Å². The van der Waals surface area contributed by atoms with Crippen molar-refractivity contribution in [1.82, 2.24) is 4.90 Å². The van der Waals surface area contributed by atoms with Gasteiger partial charge in [-0.05, 0) is 74.2 Å². The topological polar surface area (TPSA) is 54.7 Å². The molecular formula is C26H35ClN2O3. The van der Waals surface area contributed by atoms with Crippen LogP contribution in [0.25, 0.3) is 0 Å². The van der Waals surface area contributed by atoms with Crippen molar-refractivity contribution in [1.29, 1.82) is 5.26 Å². The van der Waals surface area contributed by atoms with Gasteiger partial charge in [-0.25, -0.2) is 0 Å². The average molecular weight is 459 g/mol. The largest absolute Gasteiger partial charge is 0.493 e. The standard InChI is InChI=1S/C26H35ClN2O3/c1-19(2)26(18-28,21-16-23(30-4)25(32-6)24(17-21)31-5)12-8-13-29(3)14-11-20-9-7-10-22(27)15-20/h7,9-10,15-17,19H,8,11-14H2,1-6H3/t26-/m0/s1. The molecule has 174 valence electrons. The van der Waals surface area contributed by atoms with Crippen LogP contribution in [-0.4, -0.2) is 46.4 Å². The summed E-state index contributed by atoms with van der Waals surface area (Å²) in [6.07, 6.45) is 2.58. The van der Waals surface area contributed by atoms with E-state index in [4.69, 9.17) is 25.8 Å². The zero-order valence-corrected chi connectivity index (χ0v) is 20.8. The van der Waals surface area contributed by atoms with Crippen molar-refractivity contribution in [3.63, 3.8) is 0 Å². The number of hydrogen-bond donors (Lipinski definition) is 0. The summed E-state index contributed by atoms with van der Waals surface area (Å²) in [4.78, 5) is 2.30. The van der Waals surface area contributed by atoms with Gasteiger partial charge in [-0.2, -0.15) is 5.26 Å². The lowest BCUT2D eigenvalue weighted by Crippen LogP contribution is -2.32. The van der Waals surface area contributed by atoms with E-state index in [0.717, 1.165) is 42.9 Å². The molecule has 0 saturated heterocycles. The molecule has 0 aliphatic heterocycles. The van der Waals surface area contributed by atoms with Crippen LogP contribution < -0.4 is 14.2 Å². The van der Waals surface area contributed by atoms with Crippen LogP contribution in [0.1, 0.15) is 37.8 Å². The summed E-state index contributed by atoms with van der Waals surface area (Å²) in [5, 5.41) is 11.1. The third kappa shape index (κ3) is 6.09. The molecule has 1 atom stereocenters. The van der Waals surface area contributed by atoms with Crippen molar-refractivity contribution in [3.8, 4) is 23.3 Å². The number of rotatable bonds is 12. The first kappa shape index (κ1) is 25.8. The Morgan fingerprint density at radius 2 is 1.69 bits per heavy atom. The molecule has 2 aromatic carbocycles. The summed E-state index contributed by atoms with van der Waals surface area (Å²) in [7, 11) is 6.89. The number of methoxy groups -OCH3 is 3. The molecule has 0 spiro atoms. The van der Waals surface area contributed by atoms with Crippen LogP contribution in [0.4, 0.5) is 0 Å². The predicted octanol–water partition coefficient (Wildman–Crippen LogP) is 5.74. The van der Waals surface area contributed by atoms with E-state index in [1.165, 1.54) is 5.56 Å². The first-order valence-electron chi connectivity index (χ1n) is 11.0. The van der Waals surface area contributed by atoms with Gasteiger partial charge in [0, 0.05) is 11.6 Å². The monoisotopic (exact) mass is 458 g/mol. The number of hydrogen-bond acceptors (Lipinski definition) is 5. The van der Waals surface area contributed by atoms with E-state index < -0.39 is 5.41 Å². The lowest BCUT2D eigenvalue weighted by Gasteiger charge is -2.33. The number of likely N-dealkylation sites (N-methyl/N-ethyl adjacent to an activating group) is 1. The smallest absolute Gasteiger partial charge is 0.203 e. The van der Waals surface area contributed by atoms with Crippen molar-refractivity contribution in [3.05, 3.63) is 52.5 Å². The van der Waals surface area contributed by atoms with E-state index in [1.807, 2.05) is 30.3 Å². The van der Waals surface area contributed by atoms with Crippen molar-refractivity contribution in [2.45, 2.75) is 38.5 Å². The third-order valence-corrected chi connectivity index (χ3v) is 6.38. The van der Waals surface area contributed by atoms with Crippen molar-refractivity contribution < 1.29 is 14.2 Å². The maximum atomic E-state index is 10.3. The van der Waals surface area contributed by atoms with Gasteiger partial charge in [-0.3, -0.25) is 0 Å². The normalized spacial score (nSPS) is 13.0. The molecule has 0 amide bonds. The molecule has 2 aromatic rings. The van der Waals surface area contributed by atoms with Gasteiger partial charge in [0.05, 0.1) is 32.8 Å². The Kier molecular flexibility index (Phi) is 9.68. The van der Waals surface area contributed by atoms with Crippen LogP contribution in [0.3, 0.4) is 0 Å². The average Bonchev–Trinajstić information content (AvgIpc) is 2.79. The minimum atomic E-state index is -0.652. The molecule has 0 aliphatic carbocycles. The van der Waals surface area contributed by atoms with Gasteiger partial charge in [0.2, 0.25) is 5.75 Å². The molecule has 0 heterocycles. The lowest BCUT2D eigenvalue weighted by atomic mass is 9.69. The molecule has 2 rings (SSSR count). The second-order valence-electron chi connectivity index (χ2n) is 8.44. The van der Waals surface area contributed by atoms with Gasteiger partial charge >= 0.3 is 0 Å². The zero-order valence-electron chi connectivity index (χ0n) is 20.1. The maximum Gasteiger partial charge on any atom is 0.203 e. The molecule has 32 heavy (non-hydrogen) atoms. The Labute approximate surface area is 197 Å². The van der Waals surface area contributed by atoms with Gasteiger partial charge in [0.15, 0.2) is 11.5 Å². The van der Waals surface area contributed by atoms with Gasteiger partial charge in [-0.15, -0.1) is 0 Å². The van der Waals surface area contributed by atoms with Crippen molar-refractivity contribution >= 4 is 11.6 Å². The number of nitrogens with zero attached hydrogens (tertiary/aromatic N) is 2. The molecule has 0 saturated carbocycles. The highest BCUT2D eigenvalue weighted by Gasteiger charge is 2.37. The Balaban J connectivity index is 2.14. The second-order valence-corrected chi connectivity index (χ2v) is 8.88. The molecule has 0 N–H and O–H groups in total. The molecule has 0 aromatic heterocycles. The van der Waals surface area contributed by atoms with E-state index in [9.17, 15) is 5.26 Å². The summed E-state index contributed by atoms with van der Waals surface area (Å²) in [5.41, 5.74) is 1.47. The van der Waals surface area contributed by atoms with Crippen molar-refractivity contribution in [2.75, 3.05) is 41.5 Å². The van der Waals surface area contributed by atoms with E-state index in [1.54, 1.807) is 21.3 Å². The Bertz CT molecular complexity index is 901. The molecule has 0 bridgehead atoms. The third-order valence-electron chi connectivity index (χ3n) is 6.15. The Morgan fingerprint density at radius 3 is 2.19 bits per heavy atom. The number of nitriles is 1. The van der Waals surface area contributed by atoms with Crippen LogP contribution in [-0.2, 0) is 11.8 Å². The van der Waals surface area contributed by atoms with Gasteiger partial charge < -0.3 is 19.1 Å². The number of ether oxygens (including phenoxy) is 3. The van der Waals surface area contributed by atoms with E-state index in [2.05, 4.69) is 37.9 Å². The summed E-state index contributed by atoms with van der Waals surface area (Å²) in [5.74, 6) is 1.80. The summed E-state index contributed by atoms with van der Waals surface area (Å²) < 4.78 is 16.5. The maximum absolute atomic E-state index is 10.3. The Morgan fingerprint density at radius 1 is 1.03 bits per heavy atom. The van der Waals surface area contributed by atoms with Gasteiger partial charge in [-0.1, -0.05) is 37.6 Å². The Hall–Kier alpha value is -2.42. The number of benzene rings is 2. The highest BCUT2D eigenvalue weighted by molar-refractivity contribution is 6.30. The molecule has 0 fully saturated rings. The summed E-state index contributed by atoms with van der Waals surface area (Å²) >= 11 is 6.09. The number of halogens is 1. The predicted molar refractivity (Wildman–Crippen MR) is 130 cm³/mol. The summed E-state index contributed by atoms with van der Waals surface area (Å²) in [6, 6.07) is 14.4. The fourth-order valence-electron chi connectivity index (χ4n) is 4.11. The molecule has 0 unspecified atom stereocenters. The highest BCUT2D eigenvalue weighted by Crippen LogP contribution is 2.45. The highest BCUT2D eigenvalue weighted by atomic mass is 35.5. The minimum absolute atomic E-state index is 0.118. The van der Waals surface area contributed by atoms with Crippen LogP contribution >= 0.6 is 11.6 Å². The van der Waals surface area contributed by atoms with E-state index in [-0.39, 0.29) is 5.92 Å². The fraction of sp³-hybridized carbons (Fsp3) is 0.500. The minimum Gasteiger partial charge on any atom is -0.493 e. The molecule has 0 aliphatic rings. The van der Waals surface area contributed by atoms with Gasteiger partial charge in [0.1, 0.15) is 0 Å². The second kappa shape index (κ2) is 12.0. The van der Waals surface area contributed by atoms with Crippen molar-refractivity contribution in [2.24, 2.45) is 5.92 Å². The van der Waals surface area contributed by atoms with Gasteiger partial charge in [0.25, 0.3) is 0 Å². The quantitative estimate of drug-likeness (QED) is 0.406. The van der Waals surface area contributed by atoms with Crippen LogP contribution in [0.2, 0.25) is 5.02 Å². The SMILES string of the molecule is COc1cc([C@](C#N)(CCCN(C)CCc2cccc(Cl)c2)C(C)C)cc(OC)c1OC. The fourth-order valence-corrected chi connectivity index (χ4v) is 4.32. The van der Waals surface area contributed by atoms with Crippen LogP contribution in [0.15, 0.2) is 36.4 Å². The molecular weight excluding hydrogens is 424 g/mol. The first-order chi connectivity index (χ1) is 15.3. The molecule has 6 heteroatoms. The molecule has 5 nitrogen and oxygen atoms in total. The van der Waals surface area contributed by atoms with E-state index in [0.29, 0.717) is 17.2 Å². The zero-order chi connectivity index (χ0) is 23.7. The molecule has 0 radical (unpaired) electrons. The van der Waals surface area contributed by atoms with Crippen LogP contribution in [0, 0.1) is 17.2 Å². The first-order valence-corrected chi connectivity index (χ1v) is 11.3. The summed E-state index contributed by atoms with van der Waals surface area (Å²) in [6.45, 7) is 6.03.